The third-order valence-corrected chi connectivity index (χ3v) is 2.29. The van der Waals surface area contributed by atoms with Gasteiger partial charge in [-0.25, -0.2) is 8.78 Å². The Kier molecular flexibility index (Phi) is 1.61. The van der Waals surface area contributed by atoms with Crippen molar-refractivity contribution >= 4 is 0 Å². The minimum atomic E-state index is -2.43. The van der Waals surface area contributed by atoms with Gasteiger partial charge in [-0.3, -0.25) is 4.90 Å². The van der Waals surface area contributed by atoms with E-state index in [1.54, 1.807) is 4.90 Å². The van der Waals surface area contributed by atoms with E-state index in [-0.39, 0.29) is 19.1 Å². The lowest BCUT2D eigenvalue weighted by Gasteiger charge is -2.42. The summed E-state index contributed by atoms with van der Waals surface area (Å²) in [5.74, 6) is -2.43. The third-order valence-electron chi connectivity index (χ3n) is 2.29. The van der Waals surface area contributed by atoms with Crippen LogP contribution >= 0.6 is 0 Å². The second-order valence-corrected chi connectivity index (χ2v) is 3.28. The van der Waals surface area contributed by atoms with Crippen molar-refractivity contribution in [2.24, 2.45) is 0 Å². The molecule has 64 valence electrons. The van der Waals surface area contributed by atoms with Crippen LogP contribution in [0.2, 0.25) is 0 Å². The predicted octanol–water partition coefficient (Wildman–Crippen LogP) is 0.726. The Balaban J connectivity index is 1.81. The van der Waals surface area contributed by atoms with Gasteiger partial charge in [-0.15, -0.1) is 0 Å². The standard InChI is InChI=1S/C7H11F2NO/c8-7(9)4-10(5-7)6-1-2-11-3-6/h6H,1-5H2. The van der Waals surface area contributed by atoms with E-state index >= 15 is 0 Å². The molecule has 0 saturated carbocycles. The van der Waals surface area contributed by atoms with Crippen LogP contribution in [0.1, 0.15) is 6.42 Å². The van der Waals surface area contributed by atoms with E-state index in [2.05, 4.69) is 0 Å². The average molecular weight is 163 g/mol. The van der Waals surface area contributed by atoms with E-state index in [1.165, 1.54) is 0 Å². The van der Waals surface area contributed by atoms with Crippen molar-refractivity contribution in [3.63, 3.8) is 0 Å². The molecule has 0 aliphatic carbocycles. The maximum absolute atomic E-state index is 12.4. The molecule has 2 nitrogen and oxygen atoms in total. The summed E-state index contributed by atoms with van der Waals surface area (Å²) in [5.41, 5.74) is 0. The maximum atomic E-state index is 12.4. The first-order valence-electron chi connectivity index (χ1n) is 3.87. The fourth-order valence-electron chi connectivity index (χ4n) is 1.62. The van der Waals surface area contributed by atoms with Gasteiger partial charge in [-0.2, -0.15) is 0 Å². The van der Waals surface area contributed by atoms with E-state index < -0.39 is 5.92 Å². The minimum Gasteiger partial charge on any atom is -0.380 e. The molecule has 2 fully saturated rings. The molecule has 2 rings (SSSR count). The van der Waals surface area contributed by atoms with Crippen LogP contribution in [-0.4, -0.2) is 43.2 Å². The molecule has 1 atom stereocenters. The van der Waals surface area contributed by atoms with Crippen molar-refractivity contribution in [1.82, 2.24) is 4.90 Å². The summed E-state index contributed by atoms with van der Waals surface area (Å²) in [6.07, 6.45) is 0.913. The third kappa shape index (κ3) is 1.37. The molecule has 4 heteroatoms. The summed E-state index contributed by atoms with van der Waals surface area (Å²) < 4.78 is 29.8. The van der Waals surface area contributed by atoms with Crippen LogP contribution < -0.4 is 0 Å². The SMILES string of the molecule is FC1(F)CN(C2CCOC2)C1. The summed E-state index contributed by atoms with van der Waals surface area (Å²) in [7, 11) is 0. The van der Waals surface area contributed by atoms with E-state index in [0.29, 0.717) is 6.61 Å². The molecule has 0 spiro atoms. The zero-order valence-electron chi connectivity index (χ0n) is 6.22. The minimum absolute atomic E-state index is 0.0684. The highest BCUT2D eigenvalue weighted by Gasteiger charge is 2.47. The van der Waals surface area contributed by atoms with Crippen LogP contribution in [0.5, 0.6) is 0 Å². The van der Waals surface area contributed by atoms with Crippen molar-refractivity contribution in [2.75, 3.05) is 26.3 Å². The first-order valence-corrected chi connectivity index (χ1v) is 3.87. The number of nitrogens with zero attached hydrogens (tertiary/aromatic N) is 1. The fraction of sp³-hybridized carbons (Fsp3) is 1.00. The van der Waals surface area contributed by atoms with Crippen molar-refractivity contribution in [3.05, 3.63) is 0 Å². The van der Waals surface area contributed by atoms with E-state index in [1.807, 2.05) is 0 Å². The molecule has 2 aliphatic heterocycles. The molecule has 1 unspecified atom stereocenters. The molecular weight excluding hydrogens is 152 g/mol. The zero-order valence-corrected chi connectivity index (χ0v) is 6.22. The average Bonchev–Trinajstić information content (AvgIpc) is 2.32. The normalized spacial score (nSPS) is 37.1. The Morgan fingerprint density at radius 1 is 1.36 bits per heavy atom. The van der Waals surface area contributed by atoms with Crippen molar-refractivity contribution in [1.29, 1.82) is 0 Å². The molecule has 0 amide bonds. The number of hydrogen-bond acceptors (Lipinski definition) is 2. The van der Waals surface area contributed by atoms with Crippen LogP contribution in [0.15, 0.2) is 0 Å². The molecule has 2 aliphatic rings. The van der Waals surface area contributed by atoms with Gasteiger partial charge in [0.05, 0.1) is 19.7 Å². The summed E-state index contributed by atoms with van der Waals surface area (Å²) in [4.78, 5) is 1.80. The number of halogens is 2. The van der Waals surface area contributed by atoms with Gasteiger partial charge in [-0.1, -0.05) is 0 Å². The highest BCUT2D eigenvalue weighted by Crippen LogP contribution is 2.30. The first-order chi connectivity index (χ1) is 5.17. The van der Waals surface area contributed by atoms with Gasteiger partial charge in [0.1, 0.15) is 0 Å². The lowest BCUT2D eigenvalue weighted by atomic mass is 10.1. The molecule has 0 bridgehead atoms. The lowest BCUT2D eigenvalue weighted by molar-refractivity contribution is -0.145. The Morgan fingerprint density at radius 3 is 2.55 bits per heavy atom. The van der Waals surface area contributed by atoms with Crippen molar-refractivity contribution in [2.45, 2.75) is 18.4 Å². The van der Waals surface area contributed by atoms with E-state index in [0.717, 1.165) is 13.0 Å². The van der Waals surface area contributed by atoms with Crippen molar-refractivity contribution < 1.29 is 13.5 Å². The van der Waals surface area contributed by atoms with Gasteiger partial charge >= 0.3 is 0 Å². The predicted molar refractivity (Wildman–Crippen MR) is 35.7 cm³/mol. The highest BCUT2D eigenvalue weighted by atomic mass is 19.3. The molecule has 0 N–H and O–H groups in total. The molecule has 0 aromatic heterocycles. The van der Waals surface area contributed by atoms with Gasteiger partial charge in [0, 0.05) is 12.6 Å². The summed E-state index contributed by atoms with van der Waals surface area (Å²) >= 11 is 0. The Hall–Kier alpha value is -0.220. The lowest BCUT2D eigenvalue weighted by Crippen LogP contribution is -2.60. The maximum Gasteiger partial charge on any atom is 0.272 e. The van der Waals surface area contributed by atoms with Crippen LogP contribution in [0.4, 0.5) is 8.78 Å². The first kappa shape index (κ1) is 7.43. The second kappa shape index (κ2) is 2.38. The van der Waals surface area contributed by atoms with Crippen LogP contribution in [-0.2, 0) is 4.74 Å². The molecule has 2 heterocycles. The Bertz CT molecular complexity index is 149. The summed E-state index contributed by atoms with van der Waals surface area (Å²) in [5, 5.41) is 0. The van der Waals surface area contributed by atoms with Gasteiger partial charge in [0.25, 0.3) is 5.92 Å². The smallest absolute Gasteiger partial charge is 0.272 e. The largest absolute Gasteiger partial charge is 0.380 e. The number of rotatable bonds is 1. The molecule has 0 aromatic rings. The quantitative estimate of drug-likeness (QED) is 0.565. The van der Waals surface area contributed by atoms with Crippen LogP contribution in [0, 0.1) is 0 Å². The molecule has 0 aromatic carbocycles. The molecule has 2 saturated heterocycles. The number of likely N-dealkylation sites (tertiary alicyclic amines) is 1. The molecule has 0 radical (unpaired) electrons. The number of ether oxygens (including phenoxy) is 1. The number of hydrogen-bond donors (Lipinski definition) is 0. The van der Waals surface area contributed by atoms with Gasteiger partial charge < -0.3 is 4.74 Å². The van der Waals surface area contributed by atoms with Crippen LogP contribution in [0.3, 0.4) is 0 Å². The highest BCUT2D eigenvalue weighted by molar-refractivity contribution is 4.92. The Morgan fingerprint density at radius 2 is 2.09 bits per heavy atom. The van der Waals surface area contributed by atoms with Crippen LogP contribution in [0.25, 0.3) is 0 Å². The van der Waals surface area contributed by atoms with Gasteiger partial charge in [0.15, 0.2) is 0 Å². The second-order valence-electron chi connectivity index (χ2n) is 3.28. The fourth-order valence-corrected chi connectivity index (χ4v) is 1.62. The van der Waals surface area contributed by atoms with E-state index in [9.17, 15) is 8.78 Å². The van der Waals surface area contributed by atoms with Crippen molar-refractivity contribution in [3.8, 4) is 0 Å². The zero-order chi connectivity index (χ0) is 7.90. The number of alkyl halides is 2. The summed E-state index contributed by atoms with van der Waals surface area (Å²) in [6, 6.07) is 0.259. The van der Waals surface area contributed by atoms with E-state index in [4.69, 9.17) is 4.74 Å². The Labute approximate surface area is 64.1 Å². The molecular formula is C7H11F2NO. The van der Waals surface area contributed by atoms with Gasteiger partial charge in [-0.05, 0) is 6.42 Å². The monoisotopic (exact) mass is 163 g/mol. The molecule has 11 heavy (non-hydrogen) atoms. The topological polar surface area (TPSA) is 12.5 Å². The van der Waals surface area contributed by atoms with Gasteiger partial charge in [0.2, 0.25) is 0 Å². The summed E-state index contributed by atoms with van der Waals surface area (Å²) in [6.45, 7) is 1.23.